The van der Waals surface area contributed by atoms with Crippen LogP contribution >= 0.6 is 11.6 Å². The summed E-state index contributed by atoms with van der Waals surface area (Å²) < 4.78 is 5.12. The Labute approximate surface area is 157 Å². The van der Waals surface area contributed by atoms with Crippen molar-refractivity contribution in [3.63, 3.8) is 0 Å². The normalized spacial score (nSPS) is 10.3. The third-order valence-corrected chi connectivity index (χ3v) is 4.13. The number of ether oxygens (including phenoxy) is 1. The molecular formula is C19H22ClN3O3. The Kier molecular flexibility index (Phi) is 7.44. The van der Waals surface area contributed by atoms with E-state index in [4.69, 9.17) is 16.3 Å². The van der Waals surface area contributed by atoms with Gasteiger partial charge in [-0.2, -0.15) is 0 Å². The predicted molar refractivity (Wildman–Crippen MR) is 103 cm³/mol. The summed E-state index contributed by atoms with van der Waals surface area (Å²) in [5.41, 5.74) is 2.90. The molecule has 0 heterocycles. The molecule has 2 rings (SSSR count). The Morgan fingerprint density at radius 2 is 1.92 bits per heavy atom. The van der Waals surface area contributed by atoms with Crippen LogP contribution in [0.15, 0.2) is 42.5 Å². The van der Waals surface area contributed by atoms with Crippen LogP contribution in [-0.4, -0.2) is 32.6 Å². The molecule has 26 heavy (non-hydrogen) atoms. The average molecular weight is 376 g/mol. The number of nitrogens with one attached hydrogen (secondary N) is 3. The third-order valence-electron chi connectivity index (χ3n) is 3.77. The molecule has 0 spiro atoms. The summed E-state index contributed by atoms with van der Waals surface area (Å²) in [6.45, 7) is 0.741. The van der Waals surface area contributed by atoms with E-state index in [1.165, 1.54) is 0 Å². The molecule has 0 bridgehead atoms. The average Bonchev–Trinajstić information content (AvgIpc) is 2.64. The molecule has 3 N–H and O–H groups in total. The summed E-state index contributed by atoms with van der Waals surface area (Å²) in [6, 6.07) is 12.3. The first kappa shape index (κ1) is 19.8. The monoisotopic (exact) mass is 375 g/mol. The van der Waals surface area contributed by atoms with Crippen molar-refractivity contribution in [3.05, 3.63) is 64.2 Å². The minimum atomic E-state index is -0.327. The maximum atomic E-state index is 12.1. The lowest BCUT2D eigenvalue weighted by atomic mass is 10.1. The Bertz CT molecular complexity index is 780. The first-order chi connectivity index (χ1) is 12.5. The predicted octanol–water partition coefficient (Wildman–Crippen LogP) is 3.21. The van der Waals surface area contributed by atoms with Crippen molar-refractivity contribution in [2.45, 2.75) is 13.0 Å². The maximum absolute atomic E-state index is 12.1. The minimum Gasteiger partial charge on any atom is -0.380 e. The fourth-order valence-corrected chi connectivity index (χ4v) is 2.70. The van der Waals surface area contributed by atoms with Gasteiger partial charge in [0.2, 0.25) is 0 Å². The van der Waals surface area contributed by atoms with Crippen LogP contribution in [0.25, 0.3) is 0 Å². The number of rotatable bonds is 7. The smallest absolute Gasteiger partial charge is 0.319 e. The Hall–Kier alpha value is -2.57. The standard InChI is InChI=1S/C19H22ClN3O3/c1-21-18(24)14-6-3-5-13(11-14)9-10-22-19(25)23-17-8-4-7-16(20)15(17)12-26-2/h3-8,11H,9-10,12H2,1-2H3,(H,21,24)(H2,22,23,25). The molecule has 3 amide bonds. The van der Waals surface area contributed by atoms with Gasteiger partial charge < -0.3 is 20.7 Å². The van der Waals surface area contributed by atoms with Gasteiger partial charge in [-0.15, -0.1) is 0 Å². The molecule has 0 aliphatic rings. The summed E-state index contributed by atoms with van der Waals surface area (Å²) >= 11 is 6.14. The maximum Gasteiger partial charge on any atom is 0.319 e. The molecule has 7 heteroatoms. The minimum absolute atomic E-state index is 0.135. The van der Waals surface area contributed by atoms with E-state index in [0.717, 1.165) is 11.1 Å². The van der Waals surface area contributed by atoms with Gasteiger partial charge in [-0.1, -0.05) is 29.8 Å². The first-order valence-corrected chi connectivity index (χ1v) is 8.55. The number of carbonyl (C=O) groups is 2. The van der Waals surface area contributed by atoms with Gasteiger partial charge in [-0.3, -0.25) is 4.79 Å². The molecule has 0 atom stereocenters. The molecule has 0 saturated carbocycles. The van der Waals surface area contributed by atoms with Crippen molar-refractivity contribution in [2.75, 3.05) is 26.0 Å². The second-order valence-corrected chi connectivity index (χ2v) is 6.02. The van der Waals surface area contributed by atoms with Crippen LogP contribution in [-0.2, 0) is 17.8 Å². The second-order valence-electron chi connectivity index (χ2n) is 5.61. The van der Waals surface area contributed by atoms with Crippen molar-refractivity contribution < 1.29 is 14.3 Å². The highest BCUT2D eigenvalue weighted by Crippen LogP contribution is 2.25. The fourth-order valence-electron chi connectivity index (χ4n) is 2.47. The van der Waals surface area contributed by atoms with Gasteiger partial charge >= 0.3 is 6.03 Å². The van der Waals surface area contributed by atoms with Crippen LogP contribution in [0.5, 0.6) is 0 Å². The molecule has 2 aromatic carbocycles. The number of carbonyl (C=O) groups excluding carboxylic acids is 2. The highest BCUT2D eigenvalue weighted by atomic mass is 35.5. The van der Waals surface area contributed by atoms with Gasteiger partial charge in [0.05, 0.1) is 6.61 Å². The van der Waals surface area contributed by atoms with E-state index in [9.17, 15) is 9.59 Å². The zero-order chi connectivity index (χ0) is 18.9. The summed E-state index contributed by atoms with van der Waals surface area (Å²) in [5.74, 6) is -0.135. The quantitative estimate of drug-likeness (QED) is 0.695. The zero-order valence-electron chi connectivity index (χ0n) is 14.8. The number of hydrogen-bond acceptors (Lipinski definition) is 3. The lowest BCUT2D eigenvalue weighted by Crippen LogP contribution is -2.31. The number of urea groups is 1. The van der Waals surface area contributed by atoms with E-state index in [-0.39, 0.29) is 11.9 Å². The summed E-state index contributed by atoms with van der Waals surface area (Å²) in [7, 11) is 3.16. The van der Waals surface area contributed by atoms with E-state index in [2.05, 4.69) is 16.0 Å². The first-order valence-electron chi connectivity index (χ1n) is 8.17. The summed E-state index contributed by atoms with van der Waals surface area (Å²) in [5, 5.41) is 8.71. The highest BCUT2D eigenvalue weighted by Gasteiger charge is 2.10. The van der Waals surface area contributed by atoms with Crippen molar-refractivity contribution in [3.8, 4) is 0 Å². The molecular weight excluding hydrogens is 354 g/mol. The number of hydrogen-bond donors (Lipinski definition) is 3. The Morgan fingerprint density at radius 1 is 1.15 bits per heavy atom. The van der Waals surface area contributed by atoms with E-state index in [1.54, 1.807) is 38.4 Å². The Morgan fingerprint density at radius 3 is 2.65 bits per heavy atom. The molecule has 0 aromatic heterocycles. The molecule has 0 aliphatic heterocycles. The summed E-state index contributed by atoms with van der Waals surface area (Å²) in [6.07, 6.45) is 0.610. The Balaban J connectivity index is 1.90. The van der Waals surface area contributed by atoms with E-state index in [1.807, 2.05) is 18.2 Å². The topological polar surface area (TPSA) is 79.5 Å². The zero-order valence-corrected chi connectivity index (χ0v) is 15.5. The fraction of sp³-hybridized carbons (Fsp3) is 0.263. The van der Waals surface area contributed by atoms with Crippen molar-refractivity contribution >= 4 is 29.2 Å². The number of methoxy groups -OCH3 is 1. The molecule has 0 radical (unpaired) electrons. The van der Waals surface area contributed by atoms with Gasteiger partial charge in [-0.25, -0.2) is 4.79 Å². The van der Waals surface area contributed by atoms with Crippen molar-refractivity contribution in [1.29, 1.82) is 0 Å². The number of amides is 3. The van der Waals surface area contributed by atoms with Gasteiger partial charge in [0.15, 0.2) is 0 Å². The van der Waals surface area contributed by atoms with Gasteiger partial charge in [-0.05, 0) is 36.2 Å². The summed E-state index contributed by atoms with van der Waals surface area (Å²) in [4.78, 5) is 23.8. The molecule has 0 unspecified atom stereocenters. The van der Waals surface area contributed by atoms with E-state index in [0.29, 0.717) is 35.8 Å². The van der Waals surface area contributed by atoms with Crippen molar-refractivity contribution in [2.24, 2.45) is 0 Å². The van der Waals surface area contributed by atoms with Crippen LogP contribution in [0.2, 0.25) is 5.02 Å². The second kappa shape index (κ2) is 9.79. The number of halogens is 1. The van der Waals surface area contributed by atoms with E-state index < -0.39 is 0 Å². The third kappa shape index (κ3) is 5.47. The van der Waals surface area contributed by atoms with Gasteiger partial charge in [0.25, 0.3) is 5.91 Å². The van der Waals surface area contributed by atoms with Gasteiger partial charge in [0.1, 0.15) is 0 Å². The number of benzene rings is 2. The van der Waals surface area contributed by atoms with E-state index >= 15 is 0 Å². The molecule has 2 aromatic rings. The number of anilines is 1. The van der Waals surface area contributed by atoms with Crippen LogP contribution in [0.3, 0.4) is 0 Å². The molecule has 138 valence electrons. The van der Waals surface area contributed by atoms with Crippen molar-refractivity contribution in [1.82, 2.24) is 10.6 Å². The van der Waals surface area contributed by atoms with Crippen LogP contribution in [0.4, 0.5) is 10.5 Å². The van der Waals surface area contributed by atoms with Crippen LogP contribution < -0.4 is 16.0 Å². The molecule has 0 saturated heterocycles. The van der Waals surface area contributed by atoms with Crippen LogP contribution in [0, 0.1) is 0 Å². The lowest BCUT2D eigenvalue weighted by molar-refractivity contribution is 0.0963. The van der Waals surface area contributed by atoms with Crippen LogP contribution in [0.1, 0.15) is 21.5 Å². The SMILES string of the molecule is CNC(=O)c1cccc(CCNC(=O)Nc2cccc(Cl)c2COC)c1. The highest BCUT2D eigenvalue weighted by molar-refractivity contribution is 6.31. The molecule has 0 aliphatic carbocycles. The molecule has 0 fully saturated rings. The van der Waals surface area contributed by atoms with Gasteiger partial charge in [0, 0.05) is 42.5 Å². The largest absolute Gasteiger partial charge is 0.380 e. The molecule has 6 nitrogen and oxygen atoms in total. The lowest BCUT2D eigenvalue weighted by Gasteiger charge is -2.13.